The summed E-state index contributed by atoms with van der Waals surface area (Å²) in [5, 5.41) is 3.16. The molecule has 0 bridgehead atoms. The Morgan fingerprint density at radius 2 is 1.95 bits per heavy atom. The molecule has 6 heteroatoms. The van der Waals surface area contributed by atoms with Crippen molar-refractivity contribution in [3.8, 4) is 0 Å². The van der Waals surface area contributed by atoms with Crippen LogP contribution in [0.5, 0.6) is 0 Å². The molecule has 0 atom stereocenters. The molecule has 1 saturated carbocycles. The summed E-state index contributed by atoms with van der Waals surface area (Å²) in [6.45, 7) is 0. The van der Waals surface area contributed by atoms with Crippen LogP contribution < -0.4 is 5.32 Å². The fraction of sp³-hybridized carbons (Fsp3) is 0.231. The monoisotopic (exact) mass is 385 g/mol. The third kappa shape index (κ3) is 3.12. The van der Waals surface area contributed by atoms with Crippen molar-refractivity contribution in [2.24, 2.45) is 0 Å². The SMILES string of the molecule is Fc1ccc(Nc2cc(Br)nc(C3CC3)n2)cc1Br. The van der Waals surface area contributed by atoms with Gasteiger partial charge in [-0.3, -0.25) is 0 Å². The van der Waals surface area contributed by atoms with Crippen LogP contribution in [-0.4, -0.2) is 9.97 Å². The number of nitrogens with one attached hydrogen (secondary N) is 1. The highest BCUT2D eigenvalue weighted by atomic mass is 79.9. The van der Waals surface area contributed by atoms with E-state index in [4.69, 9.17) is 0 Å². The summed E-state index contributed by atoms with van der Waals surface area (Å²) >= 11 is 6.55. The van der Waals surface area contributed by atoms with Gasteiger partial charge in [0.25, 0.3) is 0 Å². The Morgan fingerprint density at radius 3 is 2.63 bits per heavy atom. The highest BCUT2D eigenvalue weighted by Gasteiger charge is 2.27. The number of anilines is 2. The van der Waals surface area contributed by atoms with Crippen molar-refractivity contribution in [1.82, 2.24) is 9.97 Å². The molecule has 0 saturated heterocycles. The van der Waals surface area contributed by atoms with Gasteiger partial charge < -0.3 is 5.32 Å². The van der Waals surface area contributed by atoms with E-state index >= 15 is 0 Å². The number of aromatic nitrogens is 2. The zero-order chi connectivity index (χ0) is 13.4. The van der Waals surface area contributed by atoms with E-state index in [1.165, 1.54) is 6.07 Å². The summed E-state index contributed by atoms with van der Waals surface area (Å²) in [5.74, 6) is 1.77. The first kappa shape index (κ1) is 13.0. The Bertz CT molecular complexity index is 629. The Labute approximate surface area is 126 Å². The summed E-state index contributed by atoms with van der Waals surface area (Å²) in [4.78, 5) is 8.85. The highest BCUT2D eigenvalue weighted by Crippen LogP contribution is 2.39. The van der Waals surface area contributed by atoms with Gasteiger partial charge >= 0.3 is 0 Å². The van der Waals surface area contributed by atoms with Crippen LogP contribution in [0.4, 0.5) is 15.9 Å². The number of nitrogens with zero attached hydrogens (tertiary/aromatic N) is 2. The fourth-order valence-electron chi connectivity index (χ4n) is 1.75. The first-order valence-corrected chi connectivity index (χ1v) is 7.47. The molecular weight excluding hydrogens is 377 g/mol. The van der Waals surface area contributed by atoms with Gasteiger partial charge in [0.2, 0.25) is 0 Å². The smallest absolute Gasteiger partial charge is 0.137 e. The minimum Gasteiger partial charge on any atom is -0.340 e. The number of hydrogen-bond donors (Lipinski definition) is 1. The Hall–Kier alpha value is -1.01. The average molecular weight is 387 g/mol. The topological polar surface area (TPSA) is 37.8 Å². The molecule has 1 aliphatic carbocycles. The molecule has 0 radical (unpaired) electrons. The van der Waals surface area contributed by atoms with E-state index in [9.17, 15) is 4.39 Å². The van der Waals surface area contributed by atoms with Crippen molar-refractivity contribution < 1.29 is 4.39 Å². The standard InChI is InChI=1S/C13H10Br2FN3/c14-9-5-8(3-4-10(9)16)17-12-6-11(15)18-13(19-12)7-1-2-7/h3-7H,1-2H2,(H,17,18,19). The number of halogens is 3. The minimum absolute atomic E-state index is 0.284. The quantitative estimate of drug-likeness (QED) is 0.772. The molecule has 0 aliphatic heterocycles. The second-order valence-corrected chi connectivity index (χ2v) is 6.13. The van der Waals surface area contributed by atoms with Crippen LogP contribution in [0.3, 0.4) is 0 Å². The molecule has 1 aromatic carbocycles. The van der Waals surface area contributed by atoms with Crippen molar-refractivity contribution >= 4 is 43.4 Å². The van der Waals surface area contributed by atoms with Crippen LogP contribution in [0.15, 0.2) is 33.3 Å². The lowest BCUT2D eigenvalue weighted by atomic mass is 10.3. The van der Waals surface area contributed by atoms with Crippen molar-refractivity contribution in [1.29, 1.82) is 0 Å². The summed E-state index contributed by atoms with van der Waals surface area (Å²) in [5.41, 5.74) is 0.778. The molecule has 98 valence electrons. The normalized spacial score (nSPS) is 14.5. The molecule has 1 aromatic heterocycles. The summed E-state index contributed by atoms with van der Waals surface area (Å²) < 4.78 is 14.4. The van der Waals surface area contributed by atoms with Crippen LogP contribution in [0, 0.1) is 5.82 Å². The van der Waals surface area contributed by atoms with E-state index in [-0.39, 0.29) is 5.82 Å². The Morgan fingerprint density at radius 1 is 1.16 bits per heavy atom. The molecule has 1 N–H and O–H groups in total. The van der Waals surface area contributed by atoms with Gasteiger partial charge in [-0.05, 0) is 62.9 Å². The maximum absolute atomic E-state index is 13.2. The van der Waals surface area contributed by atoms with Crippen LogP contribution in [0.2, 0.25) is 0 Å². The van der Waals surface area contributed by atoms with Crippen molar-refractivity contribution in [2.75, 3.05) is 5.32 Å². The molecule has 1 heterocycles. The van der Waals surface area contributed by atoms with Gasteiger partial charge in [-0.15, -0.1) is 0 Å². The van der Waals surface area contributed by atoms with Crippen LogP contribution in [0.25, 0.3) is 0 Å². The van der Waals surface area contributed by atoms with Crippen molar-refractivity contribution in [3.05, 3.63) is 45.0 Å². The average Bonchev–Trinajstić information content (AvgIpc) is 3.17. The lowest BCUT2D eigenvalue weighted by Crippen LogP contribution is -1.99. The zero-order valence-electron chi connectivity index (χ0n) is 9.83. The lowest BCUT2D eigenvalue weighted by molar-refractivity contribution is 0.621. The third-order valence-corrected chi connectivity index (χ3v) is 3.86. The molecule has 0 amide bonds. The fourth-order valence-corrected chi connectivity index (χ4v) is 2.52. The first-order valence-electron chi connectivity index (χ1n) is 5.88. The lowest BCUT2D eigenvalue weighted by Gasteiger charge is -2.08. The number of hydrogen-bond acceptors (Lipinski definition) is 3. The molecule has 0 unspecified atom stereocenters. The van der Waals surface area contributed by atoms with E-state index in [1.807, 2.05) is 6.07 Å². The van der Waals surface area contributed by atoms with Gasteiger partial charge in [0.1, 0.15) is 22.1 Å². The maximum atomic E-state index is 13.2. The van der Waals surface area contributed by atoms with E-state index < -0.39 is 0 Å². The maximum Gasteiger partial charge on any atom is 0.137 e. The molecule has 1 fully saturated rings. The first-order chi connectivity index (χ1) is 9.11. The van der Waals surface area contributed by atoms with E-state index in [0.717, 1.165) is 29.0 Å². The van der Waals surface area contributed by atoms with Gasteiger partial charge in [0.15, 0.2) is 0 Å². The van der Waals surface area contributed by atoms with Gasteiger partial charge in [-0.25, -0.2) is 14.4 Å². The molecule has 0 spiro atoms. The van der Waals surface area contributed by atoms with Gasteiger partial charge in [-0.2, -0.15) is 0 Å². The van der Waals surface area contributed by atoms with E-state index in [0.29, 0.717) is 16.2 Å². The molecule has 19 heavy (non-hydrogen) atoms. The molecular formula is C13H10Br2FN3. The number of benzene rings is 1. The van der Waals surface area contributed by atoms with Gasteiger partial charge in [0, 0.05) is 17.7 Å². The molecule has 3 nitrogen and oxygen atoms in total. The predicted molar refractivity (Wildman–Crippen MR) is 79.1 cm³/mol. The van der Waals surface area contributed by atoms with Gasteiger partial charge in [0.05, 0.1) is 4.47 Å². The largest absolute Gasteiger partial charge is 0.340 e. The molecule has 3 rings (SSSR count). The molecule has 1 aliphatic rings. The zero-order valence-corrected chi connectivity index (χ0v) is 13.0. The van der Waals surface area contributed by atoms with E-state index in [1.54, 1.807) is 12.1 Å². The van der Waals surface area contributed by atoms with Crippen molar-refractivity contribution in [2.45, 2.75) is 18.8 Å². The third-order valence-electron chi connectivity index (χ3n) is 2.85. The highest BCUT2D eigenvalue weighted by molar-refractivity contribution is 9.10. The summed E-state index contributed by atoms with van der Waals surface area (Å²) in [6, 6.07) is 6.57. The van der Waals surface area contributed by atoms with Crippen LogP contribution in [0.1, 0.15) is 24.6 Å². The summed E-state index contributed by atoms with van der Waals surface area (Å²) in [6.07, 6.45) is 2.30. The second-order valence-electron chi connectivity index (χ2n) is 4.46. The molecule has 2 aromatic rings. The predicted octanol–water partition coefficient (Wildman–Crippen LogP) is 4.76. The Kier molecular flexibility index (Phi) is 3.54. The summed E-state index contributed by atoms with van der Waals surface area (Å²) in [7, 11) is 0. The van der Waals surface area contributed by atoms with E-state index in [2.05, 4.69) is 47.1 Å². The van der Waals surface area contributed by atoms with Crippen molar-refractivity contribution in [3.63, 3.8) is 0 Å². The number of rotatable bonds is 3. The minimum atomic E-state index is -0.284. The second kappa shape index (κ2) is 5.17. The van der Waals surface area contributed by atoms with Crippen LogP contribution in [-0.2, 0) is 0 Å². The van der Waals surface area contributed by atoms with Gasteiger partial charge in [-0.1, -0.05) is 0 Å². The Balaban J connectivity index is 1.87. The van der Waals surface area contributed by atoms with Crippen LogP contribution >= 0.6 is 31.9 Å².